The van der Waals surface area contributed by atoms with E-state index in [1.54, 1.807) is 6.20 Å². The predicted molar refractivity (Wildman–Crippen MR) is 72.6 cm³/mol. The number of anilines is 1. The van der Waals surface area contributed by atoms with Crippen LogP contribution in [0, 0.1) is 0 Å². The van der Waals surface area contributed by atoms with Gasteiger partial charge in [0.25, 0.3) is 0 Å². The maximum Gasteiger partial charge on any atom is 0.137 e. The summed E-state index contributed by atoms with van der Waals surface area (Å²) in [6.07, 6.45) is 3.75. The average Bonchev–Trinajstić information content (AvgIpc) is 2.87. The first-order valence-electron chi connectivity index (χ1n) is 6.02. The number of nitrogens with one attached hydrogen (secondary N) is 1. The third kappa shape index (κ3) is 1.82. The van der Waals surface area contributed by atoms with Crippen molar-refractivity contribution in [2.24, 2.45) is 0 Å². The van der Waals surface area contributed by atoms with Crippen LogP contribution in [0.25, 0.3) is 17.0 Å². The molecular formula is C14H14N4. The van der Waals surface area contributed by atoms with Crippen molar-refractivity contribution in [3.63, 3.8) is 0 Å². The molecule has 0 fully saturated rings. The van der Waals surface area contributed by atoms with E-state index in [0.717, 1.165) is 29.4 Å². The van der Waals surface area contributed by atoms with Gasteiger partial charge in [-0.2, -0.15) is 0 Å². The van der Waals surface area contributed by atoms with E-state index < -0.39 is 0 Å². The molecule has 0 radical (unpaired) electrons. The molecule has 0 amide bonds. The summed E-state index contributed by atoms with van der Waals surface area (Å²) in [6.45, 7) is 2.93. The van der Waals surface area contributed by atoms with Gasteiger partial charge in [0.05, 0.1) is 11.4 Å². The van der Waals surface area contributed by atoms with Crippen molar-refractivity contribution in [3.8, 4) is 11.4 Å². The fourth-order valence-corrected chi connectivity index (χ4v) is 2.01. The van der Waals surface area contributed by atoms with Crippen molar-refractivity contribution in [3.05, 3.63) is 48.8 Å². The molecule has 0 atom stereocenters. The minimum absolute atomic E-state index is 0.867. The van der Waals surface area contributed by atoms with Crippen molar-refractivity contribution >= 4 is 11.5 Å². The maximum atomic E-state index is 4.60. The number of rotatable bonds is 3. The van der Waals surface area contributed by atoms with Gasteiger partial charge in [-0.1, -0.05) is 12.1 Å². The molecule has 0 unspecified atom stereocenters. The Balaban J connectivity index is 2.13. The van der Waals surface area contributed by atoms with E-state index in [2.05, 4.69) is 22.2 Å². The summed E-state index contributed by atoms with van der Waals surface area (Å²) in [4.78, 5) is 8.89. The minimum Gasteiger partial charge on any atom is -0.370 e. The molecular weight excluding hydrogens is 224 g/mol. The van der Waals surface area contributed by atoms with E-state index in [9.17, 15) is 0 Å². The molecule has 18 heavy (non-hydrogen) atoms. The highest BCUT2D eigenvalue weighted by molar-refractivity contribution is 5.61. The summed E-state index contributed by atoms with van der Waals surface area (Å²) in [5.41, 5.74) is 2.92. The Morgan fingerprint density at radius 1 is 1.17 bits per heavy atom. The van der Waals surface area contributed by atoms with Gasteiger partial charge in [-0.05, 0) is 31.2 Å². The quantitative estimate of drug-likeness (QED) is 0.763. The summed E-state index contributed by atoms with van der Waals surface area (Å²) in [6, 6.07) is 12.0. The summed E-state index contributed by atoms with van der Waals surface area (Å²) in [5, 5.41) is 3.22. The van der Waals surface area contributed by atoms with Gasteiger partial charge in [-0.3, -0.25) is 4.40 Å². The van der Waals surface area contributed by atoms with Gasteiger partial charge in [0.15, 0.2) is 0 Å². The lowest BCUT2D eigenvalue weighted by Crippen LogP contribution is -2.00. The largest absolute Gasteiger partial charge is 0.370 e. The number of imidazole rings is 1. The zero-order valence-corrected chi connectivity index (χ0v) is 10.2. The Kier molecular flexibility index (Phi) is 2.68. The normalized spacial score (nSPS) is 10.7. The van der Waals surface area contributed by atoms with Crippen molar-refractivity contribution < 1.29 is 0 Å². The average molecular weight is 238 g/mol. The van der Waals surface area contributed by atoms with Crippen LogP contribution in [0.2, 0.25) is 0 Å². The number of pyridine rings is 2. The van der Waals surface area contributed by atoms with Crippen LogP contribution >= 0.6 is 0 Å². The zero-order valence-electron chi connectivity index (χ0n) is 10.2. The SMILES string of the molecule is CCNc1cccc(-c2cccc3nccn23)n1. The van der Waals surface area contributed by atoms with Crippen molar-refractivity contribution in [1.29, 1.82) is 0 Å². The second-order valence-electron chi connectivity index (χ2n) is 4.00. The van der Waals surface area contributed by atoms with E-state index in [-0.39, 0.29) is 0 Å². The Morgan fingerprint density at radius 2 is 2.06 bits per heavy atom. The molecule has 0 saturated carbocycles. The monoisotopic (exact) mass is 238 g/mol. The topological polar surface area (TPSA) is 42.2 Å². The third-order valence-corrected chi connectivity index (χ3v) is 2.80. The molecule has 0 aliphatic heterocycles. The molecule has 0 bridgehead atoms. The Labute approximate surface area is 105 Å². The summed E-state index contributed by atoms with van der Waals surface area (Å²) < 4.78 is 2.04. The summed E-state index contributed by atoms with van der Waals surface area (Å²) in [5.74, 6) is 0.895. The summed E-state index contributed by atoms with van der Waals surface area (Å²) >= 11 is 0. The van der Waals surface area contributed by atoms with Crippen molar-refractivity contribution in [2.45, 2.75) is 6.92 Å². The molecule has 90 valence electrons. The van der Waals surface area contributed by atoms with Crippen LogP contribution in [-0.4, -0.2) is 20.9 Å². The van der Waals surface area contributed by atoms with Crippen LogP contribution in [-0.2, 0) is 0 Å². The molecule has 4 nitrogen and oxygen atoms in total. The molecule has 1 N–H and O–H groups in total. The first kappa shape index (κ1) is 10.8. The third-order valence-electron chi connectivity index (χ3n) is 2.80. The maximum absolute atomic E-state index is 4.60. The lowest BCUT2D eigenvalue weighted by molar-refractivity contribution is 1.13. The van der Waals surface area contributed by atoms with Crippen LogP contribution < -0.4 is 5.32 Å². The molecule has 3 heterocycles. The van der Waals surface area contributed by atoms with Gasteiger partial charge in [0, 0.05) is 18.9 Å². The fourth-order valence-electron chi connectivity index (χ4n) is 2.01. The Hall–Kier alpha value is -2.36. The van der Waals surface area contributed by atoms with Gasteiger partial charge in [-0.25, -0.2) is 9.97 Å². The van der Waals surface area contributed by atoms with Crippen LogP contribution in [0.1, 0.15) is 6.92 Å². The molecule has 0 saturated heterocycles. The highest BCUT2D eigenvalue weighted by atomic mass is 15.0. The number of hydrogen-bond acceptors (Lipinski definition) is 3. The first-order valence-corrected chi connectivity index (χ1v) is 6.02. The molecule has 0 spiro atoms. The number of fused-ring (bicyclic) bond motifs is 1. The Bertz CT molecular complexity index is 672. The fraction of sp³-hybridized carbons (Fsp3) is 0.143. The van der Waals surface area contributed by atoms with Crippen LogP contribution in [0.4, 0.5) is 5.82 Å². The lowest BCUT2D eigenvalue weighted by atomic mass is 10.2. The van der Waals surface area contributed by atoms with Gasteiger partial charge in [-0.15, -0.1) is 0 Å². The van der Waals surface area contributed by atoms with E-state index in [4.69, 9.17) is 0 Å². The van der Waals surface area contributed by atoms with Crippen LogP contribution in [0.3, 0.4) is 0 Å². The second kappa shape index (κ2) is 4.49. The van der Waals surface area contributed by atoms with E-state index in [0.29, 0.717) is 0 Å². The smallest absolute Gasteiger partial charge is 0.137 e. The lowest BCUT2D eigenvalue weighted by Gasteiger charge is -2.07. The van der Waals surface area contributed by atoms with Crippen molar-refractivity contribution in [1.82, 2.24) is 14.4 Å². The van der Waals surface area contributed by atoms with Gasteiger partial charge in [0.1, 0.15) is 11.5 Å². The molecule has 3 aromatic heterocycles. The molecule has 3 rings (SSSR count). The number of hydrogen-bond donors (Lipinski definition) is 1. The van der Waals surface area contributed by atoms with E-state index >= 15 is 0 Å². The van der Waals surface area contributed by atoms with Gasteiger partial charge < -0.3 is 5.32 Å². The number of aromatic nitrogens is 3. The van der Waals surface area contributed by atoms with Crippen molar-refractivity contribution in [2.75, 3.05) is 11.9 Å². The van der Waals surface area contributed by atoms with Gasteiger partial charge in [0.2, 0.25) is 0 Å². The standard InChI is InChI=1S/C14H14N4/c1-2-15-13-7-3-5-11(17-13)12-6-4-8-14-16-9-10-18(12)14/h3-10H,2H2,1H3,(H,15,17). The minimum atomic E-state index is 0.867. The molecule has 3 aromatic rings. The zero-order chi connectivity index (χ0) is 12.4. The van der Waals surface area contributed by atoms with Crippen LogP contribution in [0.5, 0.6) is 0 Å². The molecule has 0 aliphatic rings. The molecule has 0 aromatic carbocycles. The first-order chi connectivity index (χ1) is 8.88. The highest BCUT2D eigenvalue weighted by Crippen LogP contribution is 2.19. The van der Waals surface area contributed by atoms with Crippen LogP contribution in [0.15, 0.2) is 48.8 Å². The highest BCUT2D eigenvalue weighted by Gasteiger charge is 2.05. The van der Waals surface area contributed by atoms with E-state index in [1.807, 2.05) is 47.0 Å². The molecule has 0 aliphatic carbocycles. The summed E-state index contributed by atoms with van der Waals surface area (Å²) in [7, 11) is 0. The predicted octanol–water partition coefficient (Wildman–Crippen LogP) is 2.83. The van der Waals surface area contributed by atoms with E-state index in [1.165, 1.54) is 0 Å². The molecule has 4 heteroatoms. The number of nitrogens with zero attached hydrogens (tertiary/aromatic N) is 3. The Morgan fingerprint density at radius 3 is 2.94 bits per heavy atom. The second-order valence-corrected chi connectivity index (χ2v) is 4.00. The van der Waals surface area contributed by atoms with Gasteiger partial charge >= 0.3 is 0 Å².